The first-order valence-corrected chi connectivity index (χ1v) is 8.80. The second-order valence-corrected chi connectivity index (χ2v) is 7.07. The summed E-state index contributed by atoms with van der Waals surface area (Å²) < 4.78 is 10.6. The molecular formula is C21H20O8. The zero-order valence-corrected chi connectivity index (χ0v) is 16.1. The summed E-state index contributed by atoms with van der Waals surface area (Å²) in [6.45, 7) is 3.83. The summed E-state index contributed by atoms with van der Waals surface area (Å²) in [5.41, 5.74) is -4.56. The van der Waals surface area contributed by atoms with Gasteiger partial charge in [-0.3, -0.25) is 9.59 Å². The number of aliphatic hydroxyl groups is 1. The van der Waals surface area contributed by atoms with Gasteiger partial charge >= 0.3 is 5.97 Å². The number of carbonyl (C=O) groups excluding carboxylic acids is 3. The number of aromatic hydroxyl groups is 2. The van der Waals surface area contributed by atoms with Crippen LogP contribution in [0, 0.1) is 6.92 Å². The standard InChI is InChI=1S/C21H20O8/c1-4-5-14-7-12-8-16(24)20(3,19(26)21(12,27)10-28-14)29-18(25)17-11(2)6-13(22)9-15(17)23/h4-9,22-23,27H,10H2,1-3H3/b5-4+/t20-,21-/m1/s1. The Hall–Kier alpha value is -3.39. The Bertz CT molecular complexity index is 993. The lowest BCUT2D eigenvalue weighted by atomic mass is 9.73. The Kier molecular flexibility index (Phi) is 4.84. The van der Waals surface area contributed by atoms with Gasteiger partial charge < -0.3 is 24.8 Å². The Morgan fingerprint density at radius 1 is 1.24 bits per heavy atom. The van der Waals surface area contributed by atoms with Gasteiger partial charge in [-0.05, 0) is 50.6 Å². The number of hydrogen-bond acceptors (Lipinski definition) is 8. The topological polar surface area (TPSA) is 130 Å². The summed E-state index contributed by atoms with van der Waals surface area (Å²) in [6, 6.07) is 2.15. The average Bonchev–Trinajstić information content (AvgIpc) is 2.62. The van der Waals surface area contributed by atoms with E-state index in [0.717, 1.165) is 19.1 Å². The van der Waals surface area contributed by atoms with Crippen LogP contribution in [0.25, 0.3) is 0 Å². The predicted octanol–water partition coefficient (Wildman–Crippen LogP) is 1.62. The Balaban J connectivity index is 2.00. The maximum absolute atomic E-state index is 13.1. The molecule has 0 radical (unpaired) electrons. The van der Waals surface area contributed by atoms with E-state index in [1.54, 1.807) is 19.1 Å². The van der Waals surface area contributed by atoms with E-state index in [-0.39, 0.29) is 22.4 Å². The number of Topliss-reactive ketones (excluding diaryl/α,β-unsaturated/α-hetero) is 1. The van der Waals surface area contributed by atoms with Gasteiger partial charge in [0.15, 0.2) is 5.60 Å². The highest BCUT2D eigenvalue weighted by molar-refractivity contribution is 6.23. The van der Waals surface area contributed by atoms with Crippen molar-refractivity contribution in [3.8, 4) is 11.5 Å². The molecule has 1 aliphatic heterocycles. The molecule has 1 aromatic rings. The molecule has 1 aliphatic carbocycles. The number of hydrogen-bond donors (Lipinski definition) is 3. The van der Waals surface area contributed by atoms with Crippen molar-refractivity contribution in [2.24, 2.45) is 0 Å². The van der Waals surface area contributed by atoms with Crippen LogP contribution in [0.5, 0.6) is 11.5 Å². The number of benzene rings is 1. The number of ether oxygens (including phenoxy) is 2. The van der Waals surface area contributed by atoms with Gasteiger partial charge in [0.1, 0.15) is 29.4 Å². The Labute approximate surface area is 166 Å². The van der Waals surface area contributed by atoms with Crippen LogP contribution in [0.15, 0.2) is 47.8 Å². The molecule has 29 heavy (non-hydrogen) atoms. The number of phenols is 2. The number of allylic oxidation sites excluding steroid dienone is 2. The molecule has 2 atom stereocenters. The van der Waals surface area contributed by atoms with Gasteiger partial charge in [-0.25, -0.2) is 4.79 Å². The zero-order valence-electron chi connectivity index (χ0n) is 16.1. The average molecular weight is 400 g/mol. The summed E-state index contributed by atoms with van der Waals surface area (Å²) in [5.74, 6) is -3.49. The molecule has 0 saturated carbocycles. The molecule has 1 aromatic carbocycles. The summed E-state index contributed by atoms with van der Waals surface area (Å²) in [4.78, 5) is 38.4. The fraction of sp³-hybridized carbons (Fsp3) is 0.286. The third kappa shape index (κ3) is 3.21. The van der Waals surface area contributed by atoms with Crippen LogP contribution in [0.4, 0.5) is 0 Å². The molecule has 3 N–H and O–H groups in total. The predicted molar refractivity (Wildman–Crippen MR) is 100 cm³/mol. The second-order valence-electron chi connectivity index (χ2n) is 7.07. The van der Waals surface area contributed by atoms with E-state index in [1.807, 2.05) is 0 Å². The maximum atomic E-state index is 13.1. The molecule has 0 fully saturated rings. The molecule has 0 bridgehead atoms. The molecule has 0 unspecified atom stereocenters. The van der Waals surface area contributed by atoms with Crippen LogP contribution in [-0.2, 0) is 19.1 Å². The number of carbonyl (C=O) groups is 3. The lowest BCUT2D eigenvalue weighted by Gasteiger charge is -2.40. The molecule has 0 saturated heterocycles. The molecule has 8 heteroatoms. The molecule has 3 rings (SSSR count). The van der Waals surface area contributed by atoms with Crippen LogP contribution in [-0.4, -0.2) is 50.7 Å². The summed E-state index contributed by atoms with van der Waals surface area (Å²) >= 11 is 0. The Morgan fingerprint density at radius 2 is 1.93 bits per heavy atom. The molecule has 8 nitrogen and oxygen atoms in total. The quantitative estimate of drug-likeness (QED) is 0.515. The molecule has 2 aliphatic rings. The summed E-state index contributed by atoms with van der Waals surface area (Å²) in [6.07, 6.45) is 5.72. The minimum absolute atomic E-state index is 0.0454. The SMILES string of the molecule is C/C=C/C1=CC2=CC(=O)[C@@](C)(OC(=O)c3c(C)cc(O)cc3O)C(=O)[C@@]2(O)CO1. The van der Waals surface area contributed by atoms with Gasteiger partial charge in [-0.2, -0.15) is 0 Å². The van der Waals surface area contributed by atoms with Crippen molar-refractivity contribution in [2.75, 3.05) is 6.61 Å². The largest absolute Gasteiger partial charge is 0.508 e. The normalized spacial score (nSPS) is 26.5. The van der Waals surface area contributed by atoms with E-state index >= 15 is 0 Å². The highest BCUT2D eigenvalue weighted by Crippen LogP contribution is 2.38. The molecular weight excluding hydrogens is 380 g/mol. The van der Waals surface area contributed by atoms with Crippen molar-refractivity contribution in [1.82, 2.24) is 0 Å². The first-order chi connectivity index (χ1) is 13.5. The smallest absolute Gasteiger partial charge is 0.343 e. The van der Waals surface area contributed by atoms with Gasteiger partial charge in [0.25, 0.3) is 0 Å². The number of fused-ring (bicyclic) bond motifs is 1. The zero-order chi connectivity index (χ0) is 21.6. The van der Waals surface area contributed by atoms with Crippen LogP contribution in [0.3, 0.4) is 0 Å². The molecule has 0 aromatic heterocycles. The second kappa shape index (κ2) is 6.89. The van der Waals surface area contributed by atoms with Crippen molar-refractivity contribution in [3.63, 3.8) is 0 Å². The van der Waals surface area contributed by atoms with E-state index in [4.69, 9.17) is 9.47 Å². The monoisotopic (exact) mass is 400 g/mol. The van der Waals surface area contributed by atoms with E-state index in [9.17, 15) is 29.7 Å². The van der Waals surface area contributed by atoms with E-state index in [1.165, 1.54) is 19.1 Å². The fourth-order valence-corrected chi connectivity index (χ4v) is 3.34. The van der Waals surface area contributed by atoms with Crippen molar-refractivity contribution >= 4 is 17.5 Å². The minimum atomic E-state index is -2.32. The highest BCUT2D eigenvalue weighted by Gasteiger charge is 2.59. The lowest BCUT2D eigenvalue weighted by molar-refractivity contribution is -0.163. The first kappa shape index (κ1) is 20.3. The van der Waals surface area contributed by atoms with Gasteiger partial charge in [0.05, 0.1) is 0 Å². The van der Waals surface area contributed by atoms with Gasteiger partial charge in [-0.1, -0.05) is 6.08 Å². The van der Waals surface area contributed by atoms with Crippen LogP contribution >= 0.6 is 0 Å². The van der Waals surface area contributed by atoms with E-state index < -0.39 is 41.1 Å². The summed E-state index contributed by atoms with van der Waals surface area (Å²) in [7, 11) is 0. The number of aryl methyl sites for hydroxylation is 1. The summed E-state index contributed by atoms with van der Waals surface area (Å²) in [5, 5.41) is 30.4. The van der Waals surface area contributed by atoms with Gasteiger partial charge in [0.2, 0.25) is 17.2 Å². The lowest BCUT2D eigenvalue weighted by Crippen LogP contribution is -2.63. The molecule has 1 heterocycles. The third-order valence-electron chi connectivity index (χ3n) is 4.92. The van der Waals surface area contributed by atoms with E-state index in [2.05, 4.69) is 0 Å². The van der Waals surface area contributed by atoms with Crippen LogP contribution in [0.2, 0.25) is 0 Å². The van der Waals surface area contributed by atoms with Gasteiger partial charge in [0, 0.05) is 11.6 Å². The van der Waals surface area contributed by atoms with Crippen molar-refractivity contribution in [2.45, 2.75) is 32.0 Å². The minimum Gasteiger partial charge on any atom is -0.508 e. The number of esters is 1. The number of phenolic OH excluding ortho intramolecular Hbond substituents is 2. The van der Waals surface area contributed by atoms with Gasteiger partial charge in [-0.15, -0.1) is 0 Å². The molecule has 152 valence electrons. The fourth-order valence-electron chi connectivity index (χ4n) is 3.34. The molecule has 0 spiro atoms. The van der Waals surface area contributed by atoms with E-state index in [0.29, 0.717) is 5.76 Å². The Morgan fingerprint density at radius 3 is 2.55 bits per heavy atom. The van der Waals surface area contributed by atoms with Crippen molar-refractivity contribution in [3.05, 3.63) is 58.9 Å². The third-order valence-corrected chi connectivity index (χ3v) is 4.92. The van der Waals surface area contributed by atoms with Crippen molar-refractivity contribution < 1.29 is 39.2 Å². The number of ketones is 2. The first-order valence-electron chi connectivity index (χ1n) is 8.80. The van der Waals surface area contributed by atoms with Crippen molar-refractivity contribution in [1.29, 1.82) is 0 Å². The molecule has 0 amide bonds. The highest BCUT2D eigenvalue weighted by atomic mass is 16.6. The number of rotatable bonds is 3. The maximum Gasteiger partial charge on any atom is 0.343 e. The van der Waals surface area contributed by atoms with Crippen LogP contribution in [0.1, 0.15) is 29.8 Å². The van der Waals surface area contributed by atoms with Crippen LogP contribution < -0.4 is 0 Å².